The summed E-state index contributed by atoms with van der Waals surface area (Å²) in [7, 11) is 0. The van der Waals surface area contributed by atoms with Crippen molar-refractivity contribution in [2.24, 2.45) is 5.92 Å². The van der Waals surface area contributed by atoms with Crippen LogP contribution in [0.25, 0.3) is 10.9 Å². The molecular formula is C23H33N3O2. The third-order valence-corrected chi connectivity index (χ3v) is 6.49. The van der Waals surface area contributed by atoms with Crippen molar-refractivity contribution in [2.45, 2.75) is 57.5 Å². The Bertz CT molecular complexity index is 748. The predicted octanol–water partition coefficient (Wildman–Crippen LogP) is 3.96. The number of fused-ring (bicyclic) bond motifs is 1. The molecule has 2 aromatic rings. The first-order chi connectivity index (χ1) is 13.7. The molecule has 0 unspecified atom stereocenters. The summed E-state index contributed by atoms with van der Waals surface area (Å²) in [6.45, 7) is 5.75. The fraction of sp³-hybridized carbons (Fsp3) is 0.609. The number of nitrogens with zero attached hydrogens (tertiary/aromatic N) is 1. The van der Waals surface area contributed by atoms with Crippen LogP contribution in [-0.2, 0) is 4.74 Å². The van der Waals surface area contributed by atoms with Gasteiger partial charge in [0.2, 0.25) is 0 Å². The lowest BCUT2D eigenvalue weighted by Crippen LogP contribution is -2.47. The summed E-state index contributed by atoms with van der Waals surface area (Å²) < 4.78 is 5.47. The van der Waals surface area contributed by atoms with E-state index in [1.165, 1.54) is 25.7 Å². The second kappa shape index (κ2) is 9.10. The summed E-state index contributed by atoms with van der Waals surface area (Å²) >= 11 is 0. The maximum Gasteiger partial charge on any atom is 0.270 e. The zero-order valence-electron chi connectivity index (χ0n) is 17.0. The van der Waals surface area contributed by atoms with Crippen molar-refractivity contribution in [3.05, 3.63) is 36.0 Å². The third-order valence-electron chi connectivity index (χ3n) is 6.49. The van der Waals surface area contributed by atoms with Crippen LogP contribution in [0.15, 0.2) is 30.3 Å². The van der Waals surface area contributed by atoms with Gasteiger partial charge in [0.15, 0.2) is 0 Å². The number of benzene rings is 1. The number of carbonyl (C=O) groups is 1. The van der Waals surface area contributed by atoms with Gasteiger partial charge >= 0.3 is 0 Å². The van der Waals surface area contributed by atoms with Crippen molar-refractivity contribution in [3.63, 3.8) is 0 Å². The van der Waals surface area contributed by atoms with Crippen molar-refractivity contribution in [1.29, 1.82) is 0 Å². The number of amides is 1. The number of H-pyrrole nitrogens is 1. The number of rotatable bonds is 6. The molecule has 152 valence electrons. The lowest BCUT2D eigenvalue weighted by molar-refractivity contribution is 0.0583. The van der Waals surface area contributed by atoms with Gasteiger partial charge in [0.25, 0.3) is 5.91 Å². The Hall–Kier alpha value is -1.85. The summed E-state index contributed by atoms with van der Waals surface area (Å²) in [5.74, 6) is 0.873. The minimum absolute atomic E-state index is 0.133. The smallest absolute Gasteiger partial charge is 0.270 e. The second-order valence-electron chi connectivity index (χ2n) is 8.34. The average molecular weight is 384 g/mol. The molecule has 5 heteroatoms. The first-order valence-electron chi connectivity index (χ1n) is 10.9. The monoisotopic (exact) mass is 383 g/mol. The second-order valence-corrected chi connectivity index (χ2v) is 8.34. The van der Waals surface area contributed by atoms with E-state index >= 15 is 0 Å². The normalized spacial score (nSPS) is 23.8. The third kappa shape index (κ3) is 4.41. The van der Waals surface area contributed by atoms with E-state index in [0.29, 0.717) is 17.8 Å². The van der Waals surface area contributed by atoms with E-state index in [2.05, 4.69) is 28.2 Å². The Morgan fingerprint density at radius 2 is 2.04 bits per heavy atom. The van der Waals surface area contributed by atoms with Crippen LogP contribution in [0.1, 0.15) is 55.9 Å². The molecule has 2 heterocycles. The maximum absolute atomic E-state index is 13.2. The van der Waals surface area contributed by atoms with E-state index in [4.69, 9.17) is 4.74 Å². The number of aromatic nitrogens is 1. The van der Waals surface area contributed by atoms with Gasteiger partial charge in [0.05, 0.1) is 0 Å². The molecule has 2 fully saturated rings. The van der Waals surface area contributed by atoms with Gasteiger partial charge in [-0.1, -0.05) is 18.2 Å². The summed E-state index contributed by atoms with van der Waals surface area (Å²) in [5.41, 5.74) is 1.74. The van der Waals surface area contributed by atoms with Gasteiger partial charge in [-0.15, -0.1) is 0 Å². The van der Waals surface area contributed by atoms with Gasteiger partial charge in [0, 0.05) is 42.7 Å². The van der Waals surface area contributed by atoms with Crippen LogP contribution in [-0.4, -0.2) is 54.2 Å². The molecule has 1 aromatic heterocycles. The van der Waals surface area contributed by atoms with Crippen molar-refractivity contribution >= 4 is 16.8 Å². The molecule has 0 radical (unpaired) electrons. The van der Waals surface area contributed by atoms with Gasteiger partial charge in [0.1, 0.15) is 5.69 Å². The lowest BCUT2D eigenvalue weighted by Gasteiger charge is -2.38. The predicted molar refractivity (Wildman–Crippen MR) is 113 cm³/mol. The molecule has 1 aliphatic heterocycles. The summed E-state index contributed by atoms with van der Waals surface area (Å²) in [6.07, 6.45) is 6.91. The average Bonchev–Trinajstić information content (AvgIpc) is 3.18. The number of ether oxygens (including phenoxy) is 1. The van der Waals surface area contributed by atoms with Crippen molar-refractivity contribution < 1.29 is 9.53 Å². The summed E-state index contributed by atoms with van der Waals surface area (Å²) in [5, 5.41) is 4.90. The van der Waals surface area contributed by atoms with Crippen molar-refractivity contribution in [2.75, 3.05) is 26.3 Å². The first-order valence-corrected chi connectivity index (χ1v) is 10.9. The van der Waals surface area contributed by atoms with Crippen LogP contribution in [0.2, 0.25) is 0 Å². The van der Waals surface area contributed by atoms with Crippen LogP contribution in [0.5, 0.6) is 0 Å². The largest absolute Gasteiger partial charge is 0.381 e. The van der Waals surface area contributed by atoms with E-state index in [0.717, 1.165) is 56.0 Å². The van der Waals surface area contributed by atoms with Gasteiger partial charge in [-0.3, -0.25) is 4.79 Å². The zero-order valence-corrected chi connectivity index (χ0v) is 17.0. The highest BCUT2D eigenvalue weighted by molar-refractivity contribution is 5.98. The molecule has 2 aliphatic rings. The Morgan fingerprint density at radius 3 is 2.82 bits per heavy atom. The zero-order chi connectivity index (χ0) is 19.3. The molecule has 0 bridgehead atoms. The summed E-state index contributed by atoms with van der Waals surface area (Å²) in [6, 6.07) is 10.9. The Kier molecular flexibility index (Phi) is 6.33. The lowest BCUT2D eigenvalue weighted by atomic mass is 9.89. The number of carbonyl (C=O) groups excluding carboxylic acids is 1. The fourth-order valence-electron chi connectivity index (χ4n) is 4.83. The first kappa shape index (κ1) is 19.5. The van der Waals surface area contributed by atoms with Crippen LogP contribution < -0.4 is 5.32 Å². The van der Waals surface area contributed by atoms with Crippen molar-refractivity contribution in [3.8, 4) is 0 Å². The summed E-state index contributed by atoms with van der Waals surface area (Å²) in [4.78, 5) is 18.6. The quantitative estimate of drug-likeness (QED) is 0.794. The molecule has 1 amide bonds. The number of nitrogens with one attached hydrogen (secondary N) is 2. The number of hydrogen-bond donors (Lipinski definition) is 2. The van der Waals surface area contributed by atoms with E-state index in [9.17, 15) is 4.79 Å². The number of aromatic amines is 1. The highest BCUT2D eigenvalue weighted by Crippen LogP contribution is 2.26. The fourth-order valence-corrected chi connectivity index (χ4v) is 4.83. The standard InChI is InChI=1S/C23H33N3O2/c1-2-26(23(27)22-14-18-6-3-4-9-21(18)25-22)20-8-5-7-19(15-20)24-16-17-10-12-28-13-11-17/h3-4,6,9,14,17,19-20,24-25H,2,5,7-8,10-13,15-16H2,1H3/t19-,20+/m1/s1. The molecule has 5 nitrogen and oxygen atoms in total. The molecule has 28 heavy (non-hydrogen) atoms. The minimum atomic E-state index is 0.133. The molecule has 2 N–H and O–H groups in total. The Balaban J connectivity index is 1.38. The van der Waals surface area contributed by atoms with Gasteiger partial charge < -0.3 is 19.9 Å². The minimum Gasteiger partial charge on any atom is -0.381 e. The SMILES string of the molecule is CCN(C(=O)c1cc2ccccc2[nH]1)[C@H]1CCC[C@@H](NCC2CCOCC2)C1. The van der Waals surface area contributed by atoms with E-state index < -0.39 is 0 Å². The van der Waals surface area contributed by atoms with Gasteiger partial charge in [-0.05, 0) is 70.0 Å². The van der Waals surface area contributed by atoms with Gasteiger partial charge in [-0.2, -0.15) is 0 Å². The molecule has 1 saturated carbocycles. The maximum atomic E-state index is 13.2. The molecule has 1 aromatic carbocycles. The molecule has 4 rings (SSSR count). The van der Waals surface area contributed by atoms with Crippen LogP contribution in [0.3, 0.4) is 0 Å². The van der Waals surface area contributed by atoms with Crippen LogP contribution >= 0.6 is 0 Å². The van der Waals surface area contributed by atoms with E-state index in [1.54, 1.807) is 0 Å². The molecule has 0 spiro atoms. The number of hydrogen-bond acceptors (Lipinski definition) is 3. The van der Waals surface area contributed by atoms with Gasteiger partial charge in [-0.25, -0.2) is 0 Å². The molecule has 2 atom stereocenters. The highest BCUT2D eigenvalue weighted by atomic mass is 16.5. The molecule has 1 saturated heterocycles. The van der Waals surface area contributed by atoms with Crippen LogP contribution in [0, 0.1) is 5.92 Å². The Labute approximate surface area is 167 Å². The van der Waals surface area contributed by atoms with Crippen molar-refractivity contribution in [1.82, 2.24) is 15.2 Å². The van der Waals surface area contributed by atoms with E-state index in [-0.39, 0.29) is 5.91 Å². The number of para-hydroxylation sites is 1. The topological polar surface area (TPSA) is 57.4 Å². The Morgan fingerprint density at radius 1 is 1.21 bits per heavy atom. The van der Waals surface area contributed by atoms with Crippen LogP contribution in [0.4, 0.5) is 0 Å². The molecular weight excluding hydrogens is 350 g/mol. The molecule has 1 aliphatic carbocycles. The van der Waals surface area contributed by atoms with E-state index in [1.807, 2.05) is 24.3 Å². The highest BCUT2D eigenvalue weighted by Gasteiger charge is 2.30.